The Morgan fingerprint density at radius 2 is 1.70 bits per heavy atom. The van der Waals surface area contributed by atoms with Gasteiger partial charge in [-0.3, -0.25) is 19.3 Å². The Morgan fingerprint density at radius 1 is 1.00 bits per heavy atom. The highest BCUT2D eigenvalue weighted by Crippen LogP contribution is 2.38. The standard InChI is InChI=1S/C22H29N3O5/c1-22(2)21(28)25(15-19(26)23-10-12-29-13-11-23)17-14-16(6-7-18(17)30-22)20(27)24-8-4-3-5-9-24/h6-7,14H,3-5,8-13,15H2,1-2H3. The number of ether oxygens (including phenoxy) is 2. The molecule has 2 saturated heterocycles. The van der Waals surface area contributed by atoms with Crippen molar-refractivity contribution in [3.05, 3.63) is 23.8 Å². The number of rotatable bonds is 3. The zero-order valence-electron chi connectivity index (χ0n) is 17.7. The molecule has 30 heavy (non-hydrogen) atoms. The second-order valence-electron chi connectivity index (χ2n) is 8.53. The van der Waals surface area contributed by atoms with Gasteiger partial charge in [0, 0.05) is 31.7 Å². The summed E-state index contributed by atoms with van der Waals surface area (Å²) < 4.78 is 11.2. The molecule has 1 aromatic rings. The van der Waals surface area contributed by atoms with Gasteiger partial charge in [0.25, 0.3) is 11.8 Å². The number of benzene rings is 1. The maximum Gasteiger partial charge on any atom is 0.271 e. The maximum absolute atomic E-state index is 13.1. The van der Waals surface area contributed by atoms with Crippen LogP contribution in [0.2, 0.25) is 0 Å². The average Bonchev–Trinajstić information content (AvgIpc) is 2.77. The lowest BCUT2D eigenvalue weighted by atomic mass is 10.0. The van der Waals surface area contributed by atoms with Gasteiger partial charge in [-0.25, -0.2) is 0 Å². The molecule has 0 radical (unpaired) electrons. The zero-order valence-corrected chi connectivity index (χ0v) is 17.7. The van der Waals surface area contributed by atoms with Crippen LogP contribution >= 0.6 is 0 Å². The normalized spacial score (nSPS) is 21.1. The van der Waals surface area contributed by atoms with Gasteiger partial charge in [0.2, 0.25) is 5.91 Å². The summed E-state index contributed by atoms with van der Waals surface area (Å²) in [4.78, 5) is 44.0. The average molecular weight is 415 g/mol. The number of carbonyl (C=O) groups excluding carboxylic acids is 3. The lowest BCUT2D eigenvalue weighted by molar-refractivity contribution is -0.138. The van der Waals surface area contributed by atoms with E-state index in [2.05, 4.69) is 0 Å². The molecule has 4 rings (SSSR count). The molecule has 3 heterocycles. The number of morpholine rings is 1. The van der Waals surface area contributed by atoms with Crippen molar-refractivity contribution in [2.75, 3.05) is 50.8 Å². The van der Waals surface area contributed by atoms with Crippen molar-refractivity contribution in [2.24, 2.45) is 0 Å². The topological polar surface area (TPSA) is 79.4 Å². The van der Waals surface area contributed by atoms with Crippen LogP contribution in [0.1, 0.15) is 43.5 Å². The van der Waals surface area contributed by atoms with E-state index in [9.17, 15) is 14.4 Å². The Balaban J connectivity index is 1.62. The lowest BCUT2D eigenvalue weighted by Gasteiger charge is -2.39. The van der Waals surface area contributed by atoms with Gasteiger partial charge < -0.3 is 19.3 Å². The molecule has 0 aliphatic carbocycles. The van der Waals surface area contributed by atoms with Gasteiger partial charge in [-0.1, -0.05) is 0 Å². The molecule has 3 aliphatic heterocycles. The highest BCUT2D eigenvalue weighted by atomic mass is 16.5. The highest BCUT2D eigenvalue weighted by molar-refractivity contribution is 6.07. The number of hydrogen-bond donors (Lipinski definition) is 0. The fraction of sp³-hybridized carbons (Fsp3) is 0.591. The van der Waals surface area contributed by atoms with E-state index in [0.29, 0.717) is 43.3 Å². The van der Waals surface area contributed by atoms with Crippen molar-refractivity contribution in [2.45, 2.75) is 38.7 Å². The smallest absolute Gasteiger partial charge is 0.271 e. The van der Waals surface area contributed by atoms with E-state index in [-0.39, 0.29) is 24.3 Å². The third-order valence-electron chi connectivity index (χ3n) is 5.92. The molecule has 8 heteroatoms. The maximum atomic E-state index is 13.1. The minimum Gasteiger partial charge on any atom is -0.476 e. The van der Waals surface area contributed by atoms with Crippen LogP contribution in [0.5, 0.6) is 5.75 Å². The van der Waals surface area contributed by atoms with Gasteiger partial charge in [0.15, 0.2) is 5.60 Å². The first-order valence-corrected chi connectivity index (χ1v) is 10.7. The van der Waals surface area contributed by atoms with E-state index in [1.54, 1.807) is 36.9 Å². The predicted molar refractivity (Wildman–Crippen MR) is 111 cm³/mol. The fourth-order valence-electron chi connectivity index (χ4n) is 4.19. The molecule has 162 valence electrons. The third-order valence-corrected chi connectivity index (χ3v) is 5.92. The Hall–Kier alpha value is -2.61. The molecular weight excluding hydrogens is 386 g/mol. The number of nitrogens with zero attached hydrogens (tertiary/aromatic N) is 3. The molecule has 0 unspecified atom stereocenters. The summed E-state index contributed by atoms with van der Waals surface area (Å²) in [6.07, 6.45) is 3.15. The van der Waals surface area contributed by atoms with Crippen molar-refractivity contribution in [3.8, 4) is 5.75 Å². The number of amides is 3. The monoisotopic (exact) mass is 415 g/mol. The Kier molecular flexibility index (Phi) is 5.69. The van der Waals surface area contributed by atoms with Crippen LogP contribution in [0.3, 0.4) is 0 Å². The van der Waals surface area contributed by atoms with Gasteiger partial charge in [-0.2, -0.15) is 0 Å². The molecule has 0 atom stereocenters. The van der Waals surface area contributed by atoms with Crippen LogP contribution < -0.4 is 9.64 Å². The second-order valence-corrected chi connectivity index (χ2v) is 8.53. The summed E-state index contributed by atoms with van der Waals surface area (Å²) in [5.74, 6) is 0.0288. The molecule has 1 aromatic carbocycles. The van der Waals surface area contributed by atoms with Crippen LogP contribution in [-0.2, 0) is 14.3 Å². The van der Waals surface area contributed by atoms with Crippen molar-refractivity contribution in [1.29, 1.82) is 0 Å². The van der Waals surface area contributed by atoms with Crippen LogP contribution in [0.15, 0.2) is 18.2 Å². The Bertz CT molecular complexity index is 841. The molecule has 0 spiro atoms. The van der Waals surface area contributed by atoms with Gasteiger partial charge in [0.1, 0.15) is 12.3 Å². The summed E-state index contributed by atoms with van der Waals surface area (Å²) in [5, 5.41) is 0. The van der Waals surface area contributed by atoms with E-state index in [1.165, 1.54) is 4.90 Å². The summed E-state index contributed by atoms with van der Waals surface area (Å²) in [6.45, 7) is 6.82. The highest BCUT2D eigenvalue weighted by Gasteiger charge is 2.42. The van der Waals surface area contributed by atoms with E-state index in [4.69, 9.17) is 9.47 Å². The van der Waals surface area contributed by atoms with Crippen LogP contribution in [0.25, 0.3) is 0 Å². The van der Waals surface area contributed by atoms with Gasteiger partial charge >= 0.3 is 0 Å². The molecule has 8 nitrogen and oxygen atoms in total. The quantitative estimate of drug-likeness (QED) is 0.751. The first-order valence-electron chi connectivity index (χ1n) is 10.7. The number of carbonyl (C=O) groups is 3. The van der Waals surface area contributed by atoms with E-state index < -0.39 is 5.60 Å². The van der Waals surface area contributed by atoms with Crippen molar-refractivity contribution >= 4 is 23.4 Å². The summed E-state index contributed by atoms with van der Waals surface area (Å²) in [6, 6.07) is 5.16. The van der Waals surface area contributed by atoms with E-state index in [1.807, 2.05) is 4.90 Å². The molecule has 2 fully saturated rings. The second kappa shape index (κ2) is 8.26. The number of anilines is 1. The number of likely N-dealkylation sites (tertiary alicyclic amines) is 1. The Morgan fingerprint density at radius 3 is 2.40 bits per heavy atom. The molecule has 3 amide bonds. The third kappa shape index (κ3) is 4.01. The number of hydrogen-bond acceptors (Lipinski definition) is 5. The molecule has 0 saturated carbocycles. The van der Waals surface area contributed by atoms with Crippen molar-refractivity contribution < 1.29 is 23.9 Å². The lowest BCUT2D eigenvalue weighted by Crippen LogP contribution is -2.56. The van der Waals surface area contributed by atoms with Gasteiger partial charge in [-0.05, 0) is 51.3 Å². The van der Waals surface area contributed by atoms with Crippen molar-refractivity contribution in [3.63, 3.8) is 0 Å². The van der Waals surface area contributed by atoms with Gasteiger partial charge in [-0.15, -0.1) is 0 Å². The zero-order chi connectivity index (χ0) is 21.3. The predicted octanol–water partition coefficient (Wildman–Crippen LogP) is 1.68. The van der Waals surface area contributed by atoms with E-state index in [0.717, 1.165) is 32.4 Å². The number of piperidine rings is 1. The van der Waals surface area contributed by atoms with Gasteiger partial charge in [0.05, 0.1) is 18.9 Å². The summed E-state index contributed by atoms with van der Waals surface area (Å²) in [7, 11) is 0. The minimum atomic E-state index is -1.09. The summed E-state index contributed by atoms with van der Waals surface area (Å²) >= 11 is 0. The van der Waals surface area contributed by atoms with Crippen molar-refractivity contribution in [1.82, 2.24) is 9.80 Å². The van der Waals surface area contributed by atoms with Crippen LogP contribution in [0.4, 0.5) is 5.69 Å². The minimum absolute atomic E-state index is 0.0470. The first kappa shape index (κ1) is 20.7. The largest absolute Gasteiger partial charge is 0.476 e. The molecule has 0 N–H and O–H groups in total. The first-order chi connectivity index (χ1) is 14.4. The Labute approximate surface area is 176 Å². The van der Waals surface area contributed by atoms with Crippen LogP contribution in [-0.4, -0.2) is 79.1 Å². The SMILES string of the molecule is CC1(C)Oc2ccc(C(=O)N3CCCCC3)cc2N(CC(=O)N2CCOCC2)C1=O. The fourth-order valence-corrected chi connectivity index (χ4v) is 4.19. The summed E-state index contributed by atoms with van der Waals surface area (Å²) in [5.41, 5.74) is -0.101. The molecule has 0 bridgehead atoms. The van der Waals surface area contributed by atoms with Crippen LogP contribution in [0, 0.1) is 0 Å². The molecule has 3 aliphatic rings. The van der Waals surface area contributed by atoms with E-state index >= 15 is 0 Å². The molecular formula is C22H29N3O5. The number of fused-ring (bicyclic) bond motifs is 1. The molecule has 0 aromatic heterocycles.